The lowest BCUT2D eigenvalue weighted by Gasteiger charge is -2.25. The van der Waals surface area contributed by atoms with Gasteiger partial charge in [0.2, 0.25) is 0 Å². The third-order valence-electron chi connectivity index (χ3n) is 4.59. The topological polar surface area (TPSA) is 73.7 Å². The fourth-order valence-corrected chi connectivity index (χ4v) is 3.30. The van der Waals surface area contributed by atoms with E-state index in [1.165, 1.54) is 4.90 Å². The maximum atomic E-state index is 12.8. The van der Waals surface area contributed by atoms with Crippen LogP contribution in [-0.2, 0) is 9.59 Å². The van der Waals surface area contributed by atoms with Gasteiger partial charge < -0.3 is 14.9 Å². The lowest BCUT2D eigenvalue weighted by molar-refractivity contribution is -0.139. The first kappa shape index (κ1) is 18.8. The summed E-state index contributed by atoms with van der Waals surface area (Å²) in [5, 5.41) is 10.8. The Morgan fingerprint density at radius 1 is 1.15 bits per heavy atom. The molecule has 1 aromatic carbocycles. The van der Waals surface area contributed by atoms with Crippen LogP contribution < -0.4 is 0 Å². The van der Waals surface area contributed by atoms with E-state index in [1.54, 1.807) is 42.7 Å². The predicted octanol–water partition coefficient (Wildman–Crippen LogP) is 2.46. The van der Waals surface area contributed by atoms with Crippen molar-refractivity contribution in [2.45, 2.75) is 12.5 Å². The molecule has 2 aromatic rings. The number of Topliss-reactive ketones (excluding diaryl/α,β-unsaturated/α-hetero) is 1. The molecule has 0 aliphatic carbocycles. The van der Waals surface area contributed by atoms with E-state index in [1.807, 2.05) is 31.1 Å². The highest BCUT2D eigenvalue weighted by Crippen LogP contribution is 2.39. The Kier molecular flexibility index (Phi) is 5.66. The first-order valence-electron chi connectivity index (χ1n) is 8.89. The van der Waals surface area contributed by atoms with Crippen molar-refractivity contribution in [1.82, 2.24) is 14.8 Å². The highest BCUT2D eigenvalue weighted by molar-refractivity contribution is 6.46. The number of carbonyl (C=O) groups is 2. The Bertz CT molecular complexity index is 847. The summed E-state index contributed by atoms with van der Waals surface area (Å²) in [6.07, 6.45) is 3.99. The van der Waals surface area contributed by atoms with Crippen molar-refractivity contribution in [2.75, 3.05) is 27.2 Å². The number of ketones is 1. The van der Waals surface area contributed by atoms with Gasteiger partial charge in [-0.2, -0.15) is 0 Å². The number of carbonyl (C=O) groups excluding carboxylic acids is 2. The molecule has 1 atom stereocenters. The van der Waals surface area contributed by atoms with Crippen LogP contribution in [0, 0.1) is 0 Å². The normalized spacial score (nSPS) is 19.1. The lowest BCUT2D eigenvalue weighted by Crippen LogP contribution is -2.32. The van der Waals surface area contributed by atoms with E-state index in [4.69, 9.17) is 0 Å². The van der Waals surface area contributed by atoms with Crippen LogP contribution in [0.4, 0.5) is 0 Å². The van der Waals surface area contributed by atoms with Gasteiger partial charge in [0, 0.05) is 24.5 Å². The first-order valence-corrected chi connectivity index (χ1v) is 8.89. The van der Waals surface area contributed by atoms with Gasteiger partial charge >= 0.3 is 0 Å². The van der Waals surface area contributed by atoms with E-state index in [9.17, 15) is 14.7 Å². The molecule has 6 nitrogen and oxygen atoms in total. The second-order valence-corrected chi connectivity index (χ2v) is 6.80. The van der Waals surface area contributed by atoms with Crippen LogP contribution in [0.25, 0.3) is 5.76 Å². The highest BCUT2D eigenvalue weighted by Gasteiger charge is 2.45. The summed E-state index contributed by atoms with van der Waals surface area (Å²) >= 11 is 0. The number of aromatic nitrogens is 1. The number of pyridine rings is 1. The van der Waals surface area contributed by atoms with E-state index < -0.39 is 17.7 Å². The molecule has 1 unspecified atom stereocenters. The van der Waals surface area contributed by atoms with Gasteiger partial charge in [-0.25, -0.2) is 0 Å². The van der Waals surface area contributed by atoms with Crippen molar-refractivity contribution in [1.29, 1.82) is 0 Å². The molecule has 6 heteroatoms. The predicted molar refractivity (Wildman–Crippen MR) is 103 cm³/mol. The molecular formula is C21H23N3O3. The number of likely N-dealkylation sites (tertiary alicyclic amines) is 1. The molecule has 0 spiro atoms. The zero-order valence-corrected chi connectivity index (χ0v) is 15.5. The van der Waals surface area contributed by atoms with Crippen LogP contribution in [0.5, 0.6) is 0 Å². The number of rotatable bonds is 6. The van der Waals surface area contributed by atoms with Gasteiger partial charge in [0.15, 0.2) is 0 Å². The molecule has 2 heterocycles. The maximum absolute atomic E-state index is 12.8. The van der Waals surface area contributed by atoms with Crippen LogP contribution in [0.3, 0.4) is 0 Å². The lowest BCUT2D eigenvalue weighted by atomic mass is 9.96. The van der Waals surface area contributed by atoms with Crippen molar-refractivity contribution in [3.05, 3.63) is 71.6 Å². The molecule has 0 radical (unpaired) electrons. The van der Waals surface area contributed by atoms with Crippen LogP contribution in [0.1, 0.15) is 23.6 Å². The Hall–Kier alpha value is -2.99. The summed E-state index contributed by atoms with van der Waals surface area (Å²) in [6.45, 7) is 1.22. The quantitative estimate of drug-likeness (QED) is 0.484. The fourth-order valence-electron chi connectivity index (χ4n) is 3.30. The molecule has 1 aliphatic heterocycles. The Morgan fingerprint density at radius 3 is 2.52 bits per heavy atom. The largest absolute Gasteiger partial charge is 0.507 e. The van der Waals surface area contributed by atoms with E-state index in [-0.39, 0.29) is 11.3 Å². The number of aliphatic hydroxyl groups excluding tert-OH is 1. The Labute approximate surface area is 158 Å². The zero-order chi connectivity index (χ0) is 19.4. The Balaban J connectivity index is 2.05. The molecule has 1 aromatic heterocycles. The van der Waals surface area contributed by atoms with Gasteiger partial charge in [-0.1, -0.05) is 36.4 Å². The van der Waals surface area contributed by atoms with Gasteiger partial charge in [0.1, 0.15) is 5.76 Å². The maximum Gasteiger partial charge on any atom is 0.295 e. The average molecular weight is 365 g/mol. The molecule has 1 aliphatic rings. The molecule has 0 bridgehead atoms. The number of hydrogen-bond donors (Lipinski definition) is 1. The van der Waals surface area contributed by atoms with Crippen LogP contribution in [-0.4, -0.2) is 58.8 Å². The smallest absolute Gasteiger partial charge is 0.295 e. The van der Waals surface area contributed by atoms with Crippen molar-refractivity contribution in [3.63, 3.8) is 0 Å². The molecule has 1 fully saturated rings. The van der Waals surface area contributed by atoms with Gasteiger partial charge in [0.05, 0.1) is 11.6 Å². The van der Waals surface area contributed by atoms with Gasteiger partial charge in [-0.05, 0) is 38.7 Å². The summed E-state index contributed by atoms with van der Waals surface area (Å²) in [7, 11) is 3.92. The summed E-state index contributed by atoms with van der Waals surface area (Å²) in [4.78, 5) is 33.2. The molecule has 0 saturated carbocycles. The number of nitrogens with zero attached hydrogens (tertiary/aromatic N) is 3. The number of aliphatic hydroxyl groups is 1. The van der Waals surface area contributed by atoms with E-state index in [2.05, 4.69) is 4.98 Å². The van der Waals surface area contributed by atoms with Crippen LogP contribution >= 0.6 is 0 Å². The summed E-state index contributed by atoms with van der Waals surface area (Å²) in [5.41, 5.74) is 1.33. The monoisotopic (exact) mass is 365 g/mol. The molecule has 27 heavy (non-hydrogen) atoms. The van der Waals surface area contributed by atoms with Crippen molar-refractivity contribution in [2.24, 2.45) is 0 Å². The second-order valence-electron chi connectivity index (χ2n) is 6.80. The zero-order valence-electron chi connectivity index (χ0n) is 15.5. The SMILES string of the molecule is CN(C)CCCN1C(=O)C(=O)/C(=C(/O)c2ccccc2)C1c1cccnc1. The van der Waals surface area contributed by atoms with E-state index >= 15 is 0 Å². The van der Waals surface area contributed by atoms with Gasteiger partial charge in [-0.15, -0.1) is 0 Å². The van der Waals surface area contributed by atoms with E-state index in [0.717, 1.165) is 13.0 Å². The molecular weight excluding hydrogens is 342 g/mol. The number of benzene rings is 1. The minimum atomic E-state index is -0.657. The minimum absolute atomic E-state index is 0.115. The summed E-state index contributed by atoms with van der Waals surface area (Å²) in [6, 6.07) is 11.8. The Morgan fingerprint density at radius 2 is 1.89 bits per heavy atom. The third kappa shape index (κ3) is 3.90. The fraction of sp³-hybridized carbons (Fsp3) is 0.286. The molecule has 1 saturated heterocycles. The van der Waals surface area contributed by atoms with Crippen LogP contribution in [0.2, 0.25) is 0 Å². The van der Waals surface area contributed by atoms with Gasteiger partial charge in [-0.3, -0.25) is 14.6 Å². The average Bonchev–Trinajstić information content (AvgIpc) is 2.93. The third-order valence-corrected chi connectivity index (χ3v) is 4.59. The summed E-state index contributed by atoms with van der Waals surface area (Å²) in [5.74, 6) is -1.40. The highest BCUT2D eigenvalue weighted by atomic mass is 16.3. The molecule has 1 N–H and O–H groups in total. The first-order chi connectivity index (χ1) is 13.0. The van der Waals surface area contributed by atoms with Crippen molar-refractivity contribution in [3.8, 4) is 0 Å². The number of hydrogen-bond acceptors (Lipinski definition) is 5. The minimum Gasteiger partial charge on any atom is -0.507 e. The van der Waals surface area contributed by atoms with Crippen LogP contribution in [0.15, 0.2) is 60.4 Å². The molecule has 3 rings (SSSR count). The standard InChI is InChI=1S/C21H23N3O3/c1-23(2)12-7-13-24-18(16-10-6-11-22-14-16)17(20(26)21(24)27)19(25)15-8-4-3-5-9-15/h3-6,8-11,14,18,25H,7,12-13H2,1-2H3/b19-17+. The molecule has 140 valence electrons. The van der Waals surface area contributed by atoms with Crippen molar-refractivity contribution >= 4 is 17.4 Å². The molecule has 1 amide bonds. The van der Waals surface area contributed by atoms with E-state index in [0.29, 0.717) is 17.7 Å². The summed E-state index contributed by atoms with van der Waals surface area (Å²) < 4.78 is 0. The van der Waals surface area contributed by atoms with Crippen molar-refractivity contribution < 1.29 is 14.7 Å². The second kappa shape index (κ2) is 8.14. The van der Waals surface area contributed by atoms with Gasteiger partial charge in [0.25, 0.3) is 11.7 Å². The number of amides is 1.